The van der Waals surface area contributed by atoms with Crippen LogP contribution >= 0.6 is 0 Å². The van der Waals surface area contributed by atoms with Crippen molar-refractivity contribution in [1.82, 2.24) is 25.2 Å². The molecule has 1 fully saturated rings. The lowest BCUT2D eigenvalue weighted by atomic mass is 10.0. The van der Waals surface area contributed by atoms with E-state index in [1.54, 1.807) is 12.5 Å². The minimum absolute atomic E-state index is 0.0369. The number of nitrogens with zero attached hydrogens (tertiary/aromatic N) is 4. The maximum atomic E-state index is 12.0. The van der Waals surface area contributed by atoms with Crippen LogP contribution in [0.3, 0.4) is 0 Å². The first-order valence-electron chi connectivity index (χ1n) is 8.32. The summed E-state index contributed by atoms with van der Waals surface area (Å²) in [6.45, 7) is 3.54. The molecule has 1 N–H and O–H groups in total. The second-order valence-corrected chi connectivity index (χ2v) is 6.28. The lowest BCUT2D eigenvalue weighted by Crippen LogP contribution is -2.48. The SMILES string of the molecule is O=C(CCN1CC[C@@H]2OCc3cnnn3[C@@H]2C1)NCc1ccco1. The molecule has 0 bridgehead atoms. The van der Waals surface area contributed by atoms with Gasteiger partial charge in [-0.2, -0.15) is 0 Å². The van der Waals surface area contributed by atoms with Gasteiger partial charge in [-0.25, -0.2) is 4.68 Å². The quantitative estimate of drug-likeness (QED) is 0.869. The Labute approximate surface area is 139 Å². The molecule has 4 rings (SSSR count). The standard InChI is InChI=1S/C16H21N5O3/c22-16(17-9-13-2-1-7-23-13)4-6-20-5-3-15-14(10-20)21-12(11-24-15)8-18-19-21/h1-2,7-8,14-15H,3-6,9-11H2,(H,17,22)/t14-,15+/m1/s1. The summed E-state index contributed by atoms with van der Waals surface area (Å²) in [4.78, 5) is 14.3. The van der Waals surface area contributed by atoms with Crippen molar-refractivity contribution in [2.45, 2.75) is 38.1 Å². The van der Waals surface area contributed by atoms with Crippen LogP contribution in [0.4, 0.5) is 0 Å². The first kappa shape index (κ1) is 15.3. The van der Waals surface area contributed by atoms with Crippen molar-refractivity contribution in [3.05, 3.63) is 36.0 Å². The van der Waals surface area contributed by atoms with E-state index in [-0.39, 0.29) is 18.1 Å². The first-order valence-corrected chi connectivity index (χ1v) is 8.32. The topological polar surface area (TPSA) is 85.4 Å². The number of aromatic nitrogens is 3. The fraction of sp³-hybridized carbons (Fsp3) is 0.562. The van der Waals surface area contributed by atoms with Gasteiger partial charge in [-0.05, 0) is 18.6 Å². The highest BCUT2D eigenvalue weighted by Crippen LogP contribution is 2.29. The summed E-state index contributed by atoms with van der Waals surface area (Å²) >= 11 is 0. The smallest absolute Gasteiger partial charge is 0.221 e. The van der Waals surface area contributed by atoms with E-state index in [9.17, 15) is 4.79 Å². The Balaban J connectivity index is 1.27. The van der Waals surface area contributed by atoms with Crippen LogP contribution in [0.2, 0.25) is 0 Å². The van der Waals surface area contributed by atoms with Crippen LogP contribution in [-0.2, 0) is 22.7 Å². The Morgan fingerprint density at radius 3 is 3.29 bits per heavy atom. The number of hydrogen-bond donors (Lipinski definition) is 1. The summed E-state index contributed by atoms with van der Waals surface area (Å²) in [6, 6.07) is 3.86. The molecule has 4 heterocycles. The average Bonchev–Trinajstić information content (AvgIpc) is 3.29. The molecule has 0 spiro atoms. The van der Waals surface area contributed by atoms with E-state index >= 15 is 0 Å². The van der Waals surface area contributed by atoms with E-state index in [0.29, 0.717) is 19.6 Å². The van der Waals surface area contributed by atoms with Crippen LogP contribution in [-0.4, -0.2) is 51.5 Å². The molecule has 24 heavy (non-hydrogen) atoms. The summed E-state index contributed by atoms with van der Waals surface area (Å²) in [6.07, 6.45) is 5.00. The molecule has 2 aliphatic rings. The number of likely N-dealkylation sites (tertiary alicyclic amines) is 1. The molecule has 2 atom stereocenters. The van der Waals surface area contributed by atoms with E-state index in [1.165, 1.54) is 0 Å². The molecule has 0 aliphatic carbocycles. The third-order valence-corrected chi connectivity index (χ3v) is 4.71. The molecular weight excluding hydrogens is 310 g/mol. The highest BCUT2D eigenvalue weighted by Gasteiger charge is 2.36. The normalized spacial score (nSPS) is 23.5. The number of carbonyl (C=O) groups is 1. The van der Waals surface area contributed by atoms with E-state index in [2.05, 4.69) is 20.5 Å². The van der Waals surface area contributed by atoms with Crippen LogP contribution in [0.15, 0.2) is 29.0 Å². The van der Waals surface area contributed by atoms with Gasteiger partial charge in [0.1, 0.15) is 5.76 Å². The van der Waals surface area contributed by atoms with Gasteiger partial charge >= 0.3 is 0 Å². The predicted octanol–water partition coefficient (Wildman–Crippen LogP) is 0.723. The van der Waals surface area contributed by atoms with E-state index < -0.39 is 0 Å². The zero-order valence-electron chi connectivity index (χ0n) is 13.4. The van der Waals surface area contributed by atoms with E-state index in [4.69, 9.17) is 9.15 Å². The molecule has 0 radical (unpaired) electrons. The van der Waals surface area contributed by atoms with Crippen LogP contribution < -0.4 is 5.32 Å². The zero-order valence-corrected chi connectivity index (χ0v) is 13.4. The number of amides is 1. The van der Waals surface area contributed by atoms with Crippen molar-refractivity contribution < 1.29 is 13.9 Å². The van der Waals surface area contributed by atoms with Crippen molar-refractivity contribution in [2.75, 3.05) is 19.6 Å². The number of nitrogens with one attached hydrogen (secondary N) is 1. The fourth-order valence-corrected chi connectivity index (χ4v) is 3.39. The molecule has 8 heteroatoms. The Kier molecular flexibility index (Phi) is 4.31. The molecule has 2 aliphatic heterocycles. The van der Waals surface area contributed by atoms with Gasteiger partial charge in [0.05, 0.1) is 43.5 Å². The molecule has 128 valence electrons. The van der Waals surface area contributed by atoms with Gasteiger partial charge in [0.2, 0.25) is 5.91 Å². The number of carbonyl (C=O) groups excluding carboxylic acids is 1. The van der Waals surface area contributed by atoms with Gasteiger partial charge in [0, 0.05) is 26.1 Å². The molecular formula is C16H21N5O3. The Morgan fingerprint density at radius 1 is 1.46 bits per heavy atom. The Bertz CT molecular complexity index is 684. The molecule has 8 nitrogen and oxygen atoms in total. The molecule has 2 aromatic heterocycles. The Hall–Kier alpha value is -2.19. The summed E-state index contributed by atoms with van der Waals surface area (Å²) in [5, 5.41) is 11.1. The molecule has 0 saturated carbocycles. The number of piperidine rings is 1. The van der Waals surface area contributed by atoms with E-state index in [1.807, 2.05) is 16.8 Å². The van der Waals surface area contributed by atoms with Crippen molar-refractivity contribution >= 4 is 5.91 Å². The van der Waals surface area contributed by atoms with Crippen molar-refractivity contribution in [2.24, 2.45) is 0 Å². The lowest BCUT2D eigenvalue weighted by molar-refractivity contribution is -0.122. The average molecular weight is 331 g/mol. The number of ether oxygens (including phenoxy) is 1. The second-order valence-electron chi connectivity index (χ2n) is 6.28. The third kappa shape index (κ3) is 3.20. The van der Waals surface area contributed by atoms with Crippen LogP contribution in [0.25, 0.3) is 0 Å². The van der Waals surface area contributed by atoms with Crippen molar-refractivity contribution in [1.29, 1.82) is 0 Å². The van der Waals surface area contributed by atoms with Crippen LogP contribution in [0.1, 0.15) is 30.3 Å². The van der Waals surface area contributed by atoms with E-state index in [0.717, 1.165) is 37.5 Å². The predicted molar refractivity (Wildman–Crippen MR) is 83.9 cm³/mol. The minimum atomic E-state index is 0.0369. The molecule has 2 aromatic rings. The van der Waals surface area contributed by atoms with Gasteiger partial charge in [-0.1, -0.05) is 5.21 Å². The summed E-state index contributed by atoms with van der Waals surface area (Å²) in [5.74, 6) is 0.803. The van der Waals surface area contributed by atoms with Gasteiger partial charge in [-0.15, -0.1) is 5.10 Å². The van der Waals surface area contributed by atoms with Crippen LogP contribution in [0.5, 0.6) is 0 Å². The van der Waals surface area contributed by atoms with Gasteiger partial charge in [0.25, 0.3) is 0 Å². The second kappa shape index (κ2) is 6.74. The number of furan rings is 1. The van der Waals surface area contributed by atoms with Crippen molar-refractivity contribution in [3.8, 4) is 0 Å². The molecule has 1 amide bonds. The highest BCUT2D eigenvalue weighted by molar-refractivity contribution is 5.75. The lowest BCUT2D eigenvalue weighted by Gasteiger charge is -2.40. The molecule has 1 saturated heterocycles. The number of fused-ring (bicyclic) bond motifs is 3. The maximum absolute atomic E-state index is 12.0. The van der Waals surface area contributed by atoms with Gasteiger partial charge in [-0.3, -0.25) is 4.79 Å². The number of hydrogen-bond acceptors (Lipinski definition) is 6. The van der Waals surface area contributed by atoms with Crippen LogP contribution in [0, 0.1) is 0 Å². The highest BCUT2D eigenvalue weighted by atomic mass is 16.5. The van der Waals surface area contributed by atoms with Gasteiger partial charge < -0.3 is 19.4 Å². The molecule has 0 aromatic carbocycles. The fourth-order valence-electron chi connectivity index (χ4n) is 3.39. The zero-order chi connectivity index (χ0) is 16.4. The largest absolute Gasteiger partial charge is 0.467 e. The molecule has 0 unspecified atom stereocenters. The van der Waals surface area contributed by atoms with Crippen molar-refractivity contribution in [3.63, 3.8) is 0 Å². The monoisotopic (exact) mass is 331 g/mol. The number of rotatable bonds is 5. The van der Waals surface area contributed by atoms with Gasteiger partial charge in [0.15, 0.2) is 0 Å². The Morgan fingerprint density at radius 2 is 2.42 bits per heavy atom. The summed E-state index contributed by atoms with van der Waals surface area (Å²) in [5.41, 5.74) is 1.02. The summed E-state index contributed by atoms with van der Waals surface area (Å²) in [7, 11) is 0. The minimum Gasteiger partial charge on any atom is -0.467 e. The third-order valence-electron chi connectivity index (χ3n) is 4.71. The first-order chi connectivity index (χ1) is 11.8. The summed E-state index contributed by atoms with van der Waals surface area (Å²) < 4.78 is 13.1. The maximum Gasteiger partial charge on any atom is 0.221 e.